The van der Waals surface area contributed by atoms with Crippen LogP contribution in [0.1, 0.15) is 39.8 Å². The lowest BCUT2D eigenvalue weighted by molar-refractivity contribution is -0.124. The second-order valence-electron chi connectivity index (χ2n) is 8.67. The van der Waals surface area contributed by atoms with Gasteiger partial charge in [-0.1, -0.05) is 55.0 Å². The van der Waals surface area contributed by atoms with E-state index in [0.717, 1.165) is 11.1 Å². The second-order valence-corrected chi connectivity index (χ2v) is 8.67. The van der Waals surface area contributed by atoms with Crippen LogP contribution in [-0.2, 0) is 16.6 Å². The smallest absolute Gasteiger partial charge is 0.356 e. The first-order valence-corrected chi connectivity index (χ1v) is 11.7. The fourth-order valence-corrected chi connectivity index (χ4v) is 4.14. The molecule has 0 aliphatic heterocycles. The summed E-state index contributed by atoms with van der Waals surface area (Å²) in [5.41, 5.74) is 2.46. The third kappa shape index (κ3) is 5.13. The van der Waals surface area contributed by atoms with Gasteiger partial charge >= 0.3 is 11.9 Å². The number of ether oxygens (including phenoxy) is 1. The van der Waals surface area contributed by atoms with Crippen LogP contribution in [0.25, 0.3) is 21.9 Å². The lowest BCUT2D eigenvalue weighted by Gasteiger charge is -2.20. The number of carbonyl (C=O) groups is 3. The number of nitrogens with zero attached hydrogens (tertiary/aromatic N) is 1. The van der Waals surface area contributed by atoms with Crippen molar-refractivity contribution >= 4 is 34.3 Å². The van der Waals surface area contributed by atoms with E-state index >= 15 is 0 Å². The summed E-state index contributed by atoms with van der Waals surface area (Å²) in [5, 5.41) is 12.8. The molecule has 3 aromatic carbocycles. The van der Waals surface area contributed by atoms with Gasteiger partial charge in [0.05, 0.1) is 5.56 Å². The Kier molecular flexibility index (Phi) is 7.20. The maximum atomic E-state index is 13.5. The topological polar surface area (TPSA) is 115 Å². The third-order valence-electron chi connectivity index (χ3n) is 6.15. The summed E-state index contributed by atoms with van der Waals surface area (Å²) >= 11 is 0. The molecule has 0 radical (unpaired) electrons. The Bertz CT molecular complexity index is 1550. The van der Waals surface area contributed by atoms with E-state index in [1.54, 1.807) is 31.2 Å². The van der Waals surface area contributed by atoms with Gasteiger partial charge in [0.2, 0.25) is 0 Å². The monoisotopic (exact) mass is 498 g/mol. The summed E-state index contributed by atoms with van der Waals surface area (Å²) in [5.74, 6) is -2.45. The number of hydrogen-bond donors (Lipinski definition) is 2. The molecule has 1 unspecified atom stereocenters. The number of hydrogen-bond acceptors (Lipinski definition) is 5. The molecule has 0 saturated heterocycles. The van der Waals surface area contributed by atoms with E-state index in [9.17, 15) is 19.2 Å². The zero-order chi connectivity index (χ0) is 26.7. The molecule has 0 spiro atoms. The van der Waals surface area contributed by atoms with Crippen LogP contribution in [0.2, 0.25) is 0 Å². The standard InChI is InChI=1S/C29H26N2O6/c1-4-23(26(32)30-20-15-13-19(14-16-20)28(34)35)37-29(36)25-24(18-11-9-17(2)10-12-18)21-7-5-6-8-22(21)27(33)31(25)3/h5-16,23H,4H2,1-3H3,(H,30,32)(H,34,35). The van der Waals surface area contributed by atoms with E-state index in [-0.39, 0.29) is 23.2 Å². The van der Waals surface area contributed by atoms with Gasteiger partial charge in [-0.3, -0.25) is 9.59 Å². The fraction of sp³-hybridized carbons (Fsp3) is 0.172. The maximum Gasteiger partial charge on any atom is 0.356 e. The number of amides is 1. The van der Waals surface area contributed by atoms with E-state index in [1.165, 1.54) is 35.9 Å². The van der Waals surface area contributed by atoms with Gasteiger partial charge in [-0.2, -0.15) is 0 Å². The first kappa shape index (κ1) is 25.4. The number of anilines is 1. The zero-order valence-corrected chi connectivity index (χ0v) is 20.6. The van der Waals surface area contributed by atoms with E-state index in [4.69, 9.17) is 9.84 Å². The molecule has 1 aromatic heterocycles. The zero-order valence-electron chi connectivity index (χ0n) is 20.6. The number of esters is 1. The lowest BCUT2D eigenvalue weighted by Crippen LogP contribution is -2.34. The number of carboxylic acid groups (broad SMARTS) is 1. The van der Waals surface area contributed by atoms with Crippen molar-refractivity contribution in [1.82, 2.24) is 4.57 Å². The maximum absolute atomic E-state index is 13.5. The number of carboxylic acids is 1. The van der Waals surface area contributed by atoms with Gasteiger partial charge in [0.25, 0.3) is 11.5 Å². The third-order valence-corrected chi connectivity index (χ3v) is 6.15. The molecule has 4 aromatic rings. The Morgan fingerprint density at radius 1 is 0.946 bits per heavy atom. The average Bonchev–Trinajstić information content (AvgIpc) is 2.90. The number of aryl methyl sites for hydroxylation is 1. The van der Waals surface area contributed by atoms with Crippen molar-refractivity contribution in [2.24, 2.45) is 7.05 Å². The van der Waals surface area contributed by atoms with Crippen molar-refractivity contribution in [1.29, 1.82) is 0 Å². The van der Waals surface area contributed by atoms with Crippen molar-refractivity contribution in [3.63, 3.8) is 0 Å². The molecule has 0 fully saturated rings. The first-order valence-electron chi connectivity index (χ1n) is 11.7. The molecule has 2 N–H and O–H groups in total. The van der Waals surface area contributed by atoms with Crippen molar-refractivity contribution in [2.75, 3.05) is 5.32 Å². The van der Waals surface area contributed by atoms with Crippen LogP contribution in [-0.4, -0.2) is 33.6 Å². The van der Waals surface area contributed by atoms with Crippen LogP contribution < -0.4 is 10.9 Å². The summed E-state index contributed by atoms with van der Waals surface area (Å²) in [6, 6.07) is 20.3. The first-order chi connectivity index (χ1) is 17.7. The van der Waals surface area contributed by atoms with Gasteiger partial charge in [0.1, 0.15) is 5.69 Å². The fourth-order valence-electron chi connectivity index (χ4n) is 4.14. The van der Waals surface area contributed by atoms with Crippen molar-refractivity contribution in [3.8, 4) is 11.1 Å². The summed E-state index contributed by atoms with van der Waals surface area (Å²) in [7, 11) is 1.51. The molecule has 188 valence electrons. The molecule has 0 aliphatic carbocycles. The molecule has 1 amide bonds. The Balaban J connectivity index is 1.71. The molecule has 1 atom stereocenters. The predicted octanol–water partition coefficient (Wildman–Crippen LogP) is 4.79. The average molecular weight is 499 g/mol. The molecule has 0 bridgehead atoms. The van der Waals surface area contributed by atoms with Crippen LogP contribution in [0.5, 0.6) is 0 Å². The SMILES string of the molecule is CCC(OC(=O)c1c(-c2ccc(C)cc2)c2ccccc2c(=O)n1C)C(=O)Nc1ccc(C(=O)O)cc1. The summed E-state index contributed by atoms with van der Waals surface area (Å²) < 4.78 is 6.91. The predicted molar refractivity (Wildman–Crippen MR) is 141 cm³/mol. The number of fused-ring (bicyclic) bond motifs is 1. The van der Waals surface area contributed by atoms with E-state index in [2.05, 4.69) is 5.32 Å². The number of aromatic carboxylic acids is 1. The molecule has 8 nitrogen and oxygen atoms in total. The van der Waals surface area contributed by atoms with Crippen LogP contribution in [0, 0.1) is 6.92 Å². The Morgan fingerprint density at radius 3 is 2.16 bits per heavy atom. The van der Waals surface area contributed by atoms with Crippen LogP contribution >= 0.6 is 0 Å². The Labute approximate surface area is 213 Å². The van der Waals surface area contributed by atoms with Crippen molar-refractivity contribution in [3.05, 3.63) is 100.0 Å². The van der Waals surface area contributed by atoms with Gasteiger partial charge in [-0.15, -0.1) is 0 Å². The van der Waals surface area contributed by atoms with Gasteiger partial charge < -0.3 is 19.7 Å². The summed E-state index contributed by atoms with van der Waals surface area (Å²) in [6.07, 6.45) is -0.953. The lowest BCUT2D eigenvalue weighted by atomic mass is 9.96. The molecule has 0 aliphatic rings. The molecule has 4 rings (SSSR count). The number of rotatable bonds is 7. The highest BCUT2D eigenvalue weighted by Gasteiger charge is 2.28. The minimum Gasteiger partial charge on any atom is -0.478 e. The van der Waals surface area contributed by atoms with Crippen molar-refractivity contribution in [2.45, 2.75) is 26.4 Å². The quantitative estimate of drug-likeness (QED) is 0.354. The van der Waals surface area contributed by atoms with E-state index < -0.39 is 23.9 Å². The number of benzene rings is 3. The van der Waals surface area contributed by atoms with Crippen molar-refractivity contribution < 1.29 is 24.2 Å². The highest BCUT2D eigenvalue weighted by atomic mass is 16.5. The minimum atomic E-state index is -1.14. The van der Waals surface area contributed by atoms with Gasteiger partial charge in [-0.25, -0.2) is 9.59 Å². The molecular weight excluding hydrogens is 472 g/mol. The van der Waals surface area contributed by atoms with E-state index in [1.807, 2.05) is 31.2 Å². The number of carbonyl (C=O) groups excluding carboxylic acids is 2. The highest BCUT2D eigenvalue weighted by molar-refractivity contribution is 6.07. The van der Waals surface area contributed by atoms with Gasteiger partial charge in [0.15, 0.2) is 6.10 Å². The van der Waals surface area contributed by atoms with Crippen LogP contribution in [0.15, 0.2) is 77.6 Å². The minimum absolute atomic E-state index is 0.0459. The summed E-state index contributed by atoms with van der Waals surface area (Å²) in [4.78, 5) is 50.6. The Hall–Kier alpha value is -4.72. The second kappa shape index (κ2) is 10.5. The van der Waals surface area contributed by atoms with Crippen LogP contribution in [0.4, 0.5) is 5.69 Å². The molecule has 37 heavy (non-hydrogen) atoms. The largest absolute Gasteiger partial charge is 0.478 e. The summed E-state index contributed by atoms with van der Waals surface area (Å²) in [6.45, 7) is 3.66. The highest BCUT2D eigenvalue weighted by Crippen LogP contribution is 2.31. The molecular formula is C29H26N2O6. The molecule has 0 saturated carbocycles. The Morgan fingerprint density at radius 2 is 1.57 bits per heavy atom. The van der Waals surface area contributed by atoms with E-state index in [0.29, 0.717) is 22.0 Å². The molecule has 8 heteroatoms. The normalized spacial score (nSPS) is 11.6. The number of nitrogens with one attached hydrogen (secondary N) is 1. The van der Waals surface area contributed by atoms with Gasteiger partial charge in [0, 0.05) is 23.7 Å². The molecule has 1 heterocycles. The number of pyridine rings is 1. The number of aromatic nitrogens is 1. The van der Waals surface area contributed by atoms with Gasteiger partial charge in [-0.05, 0) is 54.6 Å². The van der Waals surface area contributed by atoms with Crippen LogP contribution in [0.3, 0.4) is 0 Å².